The first-order valence-corrected chi connectivity index (χ1v) is 13.7. The minimum Gasteiger partial charge on any atom is -0.478 e. The highest BCUT2D eigenvalue weighted by molar-refractivity contribution is 6.00. The Hall–Kier alpha value is -3.99. The number of carbonyl (C=O) groups is 1. The second-order valence-corrected chi connectivity index (χ2v) is 10.7. The molecule has 1 saturated carbocycles. The quantitative estimate of drug-likeness (QED) is 0.269. The van der Waals surface area contributed by atoms with Crippen molar-refractivity contribution in [1.29, 1.82) is 0 Å². The van der Waals surface area contributed by atoms with Gasteiger partial charge in [-0.3, -0.25) is 0 Å². The maximum absolute atomic E-state index is 14.5. The van der Waals surface area contributed by atoms with E-state index in [1.54, 1.807) is 18.2 Å². The number of aromatic nitrogens is 2. The number of carboxylic acid groups (broad SMARTS) is 1. The van der Waals surface area contributed by atoms with Crippen molar-refractivity contribution in [1.82, 2.24) is 9.55 Å². The summed E-state index contributed by atoms with van der Waals surface area (Å²) in [6.45, 7) is 0.846. The van der Waals surface area contributed by atoms with Crippen LogP contribution in [0.4, 0.5) is 4.39 Å². The van der Waals surface area contributed by atoms with Crippen LogP contribution in [-0.4, -0.2) is 20.6 Å². The number of hydrogen-bond donors (Lipinski definition) is 1. The van der Waals surface area contributed by atoms with Crippen molar-refractivity contribution in [3.05, 3.63) is 89.2 Å². The van der Waals surface area contributed by atoms with Gasteiger partial charge >= 0.3 is 5.97 Å². The molecule has 0 radical (unpaired) electrons. The van der Waals surface area contributed by atoms with Crippen LogP contribution < -0.4 is 0 Å². The molecule has 0 unspecified atom stereocenters. The van der Waals surface area contributed by atoms with Crippen LogP contribution in [0.3, 0.4) is 0 Å². The number of pyridine rings is 1. The lowest BCUT2D eigenvalue weighted by Gasteiger charge is -2.24. The average molecular weight is 505 g/mol. The molecular formula is C33H29FN2O2. The van der Waals surface area contributed by atoms with Crippen molar-refractivity contribution in [2.75, 3.05) is 0 Å². The van der Waals surface area contributed by atoms with Crippen molar-refractivity contribution >= 4 is 27.8 Å². The molecule has 4 nitrogen and oxygen atoms in total. The van der Waals surface area contributed by atoms with Gasteiger partial charge in [0, 0.05) is 34.0 Å². The standard InChI is InChI=1S/C33H29FN2O2/c34-27-11-5-4-9-25(27)29-16-14-23-22-10-6-18-36-30-19-21(33(37)38)12-13-26(30)31(20-7-2-1-3-8-20)32(36)24(22)15-17-28(23)35-29/h4-5,9,11-17,19-20H,1-3,6-8,10,18H2,(H,37,38). The highest BCUT2D eigenvalue weighted by Crippen LogP contribution is 2.47. The number of aryl methyl sites for hydroxylation is 2. The molecule has 38 heavy (non-hydrogen) atoms. The number of hydrogen-bond acceptors (Lipinski definition) is 2. The Morgan fingerprint density at radius 1 is 0.895 bits per heavy atom. The summed E-state index contributed by atoms with van der Waals surface area (Å²) in [7, 11) is 0. The summed E-state index contributed by atoms with van der Waals surface area (Å²) in [6.07, 6.45) is 7.96. The van der Waals surface area contributed by atoms with Crippen molar-refractivity contribution in [3.8, 4) is 22.5 Å². The molecular weight excluding hydrogens is 475 g/mol. The number of fused-ring (bicyclic) bond motifs is 7. The van der Waals surface area contributed by atoms with Gasteiger partial charge in [0.2, 0.25) is 0 Å². The van der Waals surface area contributed by atoms with E-state index in [0.717, 1.165) is 35.8 Å². The third-order valence-corrected chi connectivity index (χ3v) is 8.56. The van der Waals surface area contributed by atoms with E-state index in [4.69, 9.17) is 4.98 Å². The molecule has 0 atom stereocenters. The zero-order valence-corrected chi connectivity index (χ0v) is 21.2. The van der Waals surface area contributed by atoms with Gasteiger partial charge in [-0.1, -0.05) is 49.6 Å². The summed E-state index contributed by atoms with van der Waals surface area (Å²) in [5.74, 6) is -0.684. The van der Waals surface area contributed by atoms with E-state index in [9.17, 15) is 14.3 Å². The Morgan fingerprint density at radius 3 is 2.53 bits per heavy atom. The molecule has 5 aromatic rings. The van der Waals surface area contributed by atoms with Crippen molar-refractivity contribution in [2.24, 2.45) is 0 Å². The fourth-order valence-corrected chi connectivity index (χ4v) is 6.83. The van der Waals surface area contributed by atoms with Gasteiger partial charge in [-0.05, 0) is 79.1 Å². The van der Waals surface area contributed by atoms with Gasteiger partial charge in [-0.25, -0.2) is 14.2 Å². The minimum absolute atomic E-state index is 0.267. The third-order valence-electron chi connectivity index (χ3n) is 8.56. The summed E-state index contributed by atoms with van der Waals surface area (Å²) in [6, 6.07) is 20.7. The lowest BCUT2D eigenvalue weighted by atomic mass is 9.81. The van der Waals surface area contributed by atoms with E-state index in [-0.39, 0.29) is 5.82 Å². The van der Waals surface area contributed by atoms with Gasteiger partial charge in [0.1, 0.15) is 5.82 Å². The third kappa shape index (κ3) is 3.64. The van der Waals surface area contributed by atoms with Crippen LogP contribution in [-0.2, 0) is 13.0 Å². The number of aromatic carboxylic acids is 1. The van der Waals surface area contributed by atoms with Gasteiger partial charge in [-0.15, -0.1) is 0 Å². The fraction of sp³-hybridized carbons (Fsp3) is 0.273. The molecule has 3 heterocycles. The number of rotatable bonds is 3. The van der Waals surface area contributed by atoms with E-state index >= 15 is 0 Å². The first-order valence-electron chi connectivity index (χ1n) is 13.7. The summed E-state index contributed by atoms with van der Waals surface area (Å²) in [4.78, 5) is 16.7. The summed E-state index contributed by atoms with van der Waals surface area (Å²) >= 11 is 0. The maximum atomic E-state index is 14.5. The summed E-state index contributed by atoms with van der Waals surface area (Å²) in [5.41, 5.74) is 8.54. The van der Waals surface area contributed by atoms with Crippen LogP contribution in [0.1, 0.15) is 65.9 Å². The normalized spacial score (nSPS) is 15.8. The zero-order chi connectivity index (χ0) is 25.8. The Kier molecular flexibility index (Phi) is 5.54. The fourth-order valence-electron chi connectivity index (χ4n) is 6.83. The summed E-state index contributed by atoms with van der Waals surface area (Å²) in [5, 5.41) is 12.0. The van der Waals surface area contributed by atoms with Gasteiger partial charge in [-0.2, -0.15) is 0 Å². The monoisotopic (exact) mass is 504 g/mol. The molecule has 0 spiro atoms. The topological polar surface area (TPSA) is 55.1 Å². The molecule has 0 saturated heterocycles. The van der Waals surface area contributed by atoms with Crippen LogP contribution in [0, 0.1) is 5.82 Å². The number of benzene rings is 3. The van der Waals surface area contributed by atoms with E-state index in [2.05, 4.69) is 22.8 Å². The van der Waals surface area contributed by atoms with Crippen LogP contribution >= 0.6 is 0 Å². The molecule has 1 aliphatic carbocycles. The first kappa shape index (κ1) is 23.2. The van der Waals surface area contributed by atoms with Crippen LogP contribution in [0.5, 0.6) is 0 Å². The second kappa shape index (κ2) is 9.09. The maximum Gasteiger partial charge on any atom is 0.335 e. The van der Waals surface area contributed by atoms with Crippen molar-refractivity contribution < 1.29 is 14.3 Å². The largest absolute Gasteiger partial charge is 0.478 e. The molecule has 1 aliphatic heterocycles. The SMILES string of the molecule is O=C(O)c1ccc2c(C3CCCCC3)c3n(c2c1)CCCc1c-3ccc2nc(-c3ccccc3F)ccc12. The molecule has 190 valence electrons. The van der Waals surface area contributed by atoms with E-state index in [1.807, 2.05) is 24.3 Å². The Balaban J connectivity index is 1.47. The molecule has 1 fully saturated rings. The van der Waals surface area contributed by atoms with Crippen LogP contribution in [0.2, 0.25) is 0 Å². The van der Waals surface area contributed by atoms with Gasteiger partial charge < -0.3 is 9.67 Å². The number of carboxylic acids is 1. The molecule has 1 N–H and O–H groups in total. The highest BCUT2D eigenvalue weighted by Gasteiger charge is 2.29. The van der Waals surface area contributed by atoms with Gasteiger partial charge in [0.05, 0.1) is 22.5 Å². The van der Waals surface area contributed by atoms with Gasteiger partial charge in [0.15, 0.2) is 0 Å². The molecule has 0 amide bonds. The second-order valence-electron chi connectivity index (χ2n) is 10.7. The first-order chi connectivity index (χ1) is 18.6. The molecule has 5 heteroatoms. The highest BCUT2D eigenvalue weighted by atomic mass is 19.1. The lowest BCUT2D eigenvalue weighted by Crippen LogP contribution is -2.07. The summed E-state index contributed by atoms with van der Waals surface area (Å²) < 4.78 is 16.9. The Labute approximate surface area is 220 Å². The Bertz CT molecular complexity index is 1730. The van der Waals surface area contributed by atoms with E-state index in [1.165, 1.54) is 65.9 Å². The predicted molar refractivity (Wildman–Crippen MR) is 149 cm³/mol. The minimum atomic E-state index is -0.890. The smallest absolute Gasteiger partial charge is 0.335 e. The van der Waals surface area contributed by atoms with Crippen LogP contribution in [0.25, 0.3) is 44.3 Å². The number of nitrogens with zero attached hydrogens (tertiary/aromatic N) is 2. The van der Waals surface area contributed by atoms with Crippen LogP contribution in [0.15, 0.2) is 66.7 Å². The molecule has 2 aliphatic rings. The zero-order valence-electron chi connectivity index (χ0n) is 21.2. The van der Waals surface area contributed by atoms with Crippen molar-refractivity contribution in [2.45, 2.75) is 57.4 Å². The predicted octanol–water partition coefficient (Wildman–Crippen LogP) is 8.35. The molecule has 3 aromatic carbocycles. The molecule has 7 rings (SSSR count). The van der Waals surface area contributed by atoms with E-state index < -0.39 is 5.97 Å². The van der Waals surface area contributed by atoms with Crippen molar-refractivity contribution in [3.63, 3.8) is 0 Å². The van der Waals surface area contributed by atoms with Gasteiger partial charge in [0.25, 0.3) is 0 Å². The Morgan fingerprint density at radius 2 is 1.71 bits per heavy atom. The number of halogens is 1. The molecule has 2 aromatic heterocycles. The lowest BCUT2D eigenvalue weighted by molar-refractivity contribution is 0.0697. The molecule has 0 bridgehead atoms. The van der Waals surface area contributed by atoms with E-state index in [0.29, 0.717) is 22.7 Å². The average Bonchev–Trinajstić information content (AvgIpc) is 3.13.